The molecule has 25 heavy (non-hydrogen) atoms. The van der Waals surface area contributed by atoms with Crippen LogP contribution < -0.4 is 15.4 Å². The summed E-state index contributed by atoms with van der Waals surface area (Å²) in [5.41, 5.74) is 2.97. The first-order valence-electron chi connectivity index (χ1n) is 8.38. The number of hydrogen-bond donors (Lipinski definition) is 2. The van der Waals surface area contributed by atoms with Gasteiger partial charge in [0.1, 0.15) is 16.9 Å². The molecule has 1 amide bonds. The molecule has 132 valence electrons. The Morgan fingerprint density at radius 3 is 3.00 bits per heavy atom. The Bertz CT molecular complexity index is 836. The second-order valence-corrected chi connectivity index (χ2v) is 8.28. The number of halogens is 1. The molecule has 2 aliphatic rings. The van der Waals surface area contributed by atoms with Crippen molar-refractivity contribution >= 4 is 38.2 Å². The van der Waals surface area contributed by atoms with Crippen LogP contribution in [-0.4, -0.2) is 31.0 Å². The van der Waals surface area contributed by atoms with Gasteiger partial charge in [0.15, 0.2) is 0 Å². The van der Waals surface area contributed by atoms with E-state index in [0.717, 1.165) is 52.4 Å². The maximum Gasteiger partial charge on any atom is 0.256 e. The summed E-state index contributed by atoms with van der Waals surface area (Å²) in [6.45, 7) is 5.17. The van der Waals surface area contributed by atoms with Crippen molar-refractivity contribution in [3.8, 4) is 5.75 Å². The maximum absolute atomic E-state index is 12.8. The zero-order valence-corrected chi connectivity index (χ0v) is 16.6. The number of nitrogens with one attached hydrogen (secondary N) is 2. The molecule has 0 saturated carbocycles. The summed E-state index contributed by atoms with van der Waals surface area (Å²) < 4.78 is 6.42. The van der Waals surface area contributed by atoms with Gasteiger partial charge in [0.2, 0.25) is 0 Å². The highest BCUT2D eigenvalue weighted by molar-refractivity contribution is 9.10. The summed E-state index contributed by atoms with van der Waals surface area (Å²) in [6, 6.07) is 5.82. The number of carbonyl (C=O) groups excluding carboxylic acids is 1. The first-order chi connectivity index (χ1) is 12.1. The van der Waals surface area contributed by atoms with Crippen LogP contribution in [0.1, 0.15) is 39.5 Å². The molecule has 3 heterocycles. The summed E-state index contributed by atoms with van der Waals surface area (Å²) in [4.78, 5) is 16.5. The molecule has 0 aliphatic carbocycles. The van der Waals surface area contributed by atoms with E-state index in [2.05, 4.69) is 38.4 Å². The van der Waals surface area contributed by atoms with Crippen LogP contribution in [0.4, 0.5) is 5.00 Å². The number of methoxy groups -OCH3 is 1. The number of anilines is 1. The van der Waals surface area contributed by atoms with Crippen LogP contribution >= 0.6 is 27.3 Å². The molecule has 0 radical (unpaired) electrons. The zero-order valence-electron chi connectivity index (χ0n) is 14.2. The Hall–Kier alpha value is -1.57. The summed E-state index contributed by atoms with van der Waals surface area (Å²) in [7, 11) is 1.64. The number of amides is 1. The molecule has 2 aliphatic heterocycles. The molecule has 1 aromatic carbocycles. The molecule has 4 rings (SSSR count). The van der Waals surface area contributed by atoms with E-state index < -0.39 is 0 Å². The topological polar surface area (TPSA) is 53.6 Å². The van der Waals surface area contributed by atoms with Gasteiger partial charge in [0.25, 0.3) is 5.91 Å². The molecule has 0 fully saturated rings. The number of thiophene rings is 1. The van der Waals surface area contributed by atoms with Crippen molar-refractivity contribution < 1.29 is 9.53 Å². The minimum Gasteiger partial charge on any atom is -0.496 e. The van der Waals surface area contributed by atoms with Gasteiger partial charge in [0.05, 0.1) is 12.7 Å². The van der Waals surface area contributed by atoms with Gasteiger partial charge in [-0.2, -0.15) is 0 Å². The quantitative estimate of drug-likeness (QED) is 0.791. The van der Waals surface area contributed by atoms with Crippen LogP contribution in [0.15, 0.2) is 22.7 Å². The molecule has 5 nitrogen and oxygen atoms in total. The van der Waals surface area contributed by atoms with E-state index in [1.165, 1.54) is 10.4 Å². The lowest BCUT2D eigenvalue weighted by molar-refractivity contribution is 0.0934. The molecule has 2 N–H and O–H groups in total. The molecule has 1 atom stereocenters. The number of benzene rings is 1. The average Bonchev–Trinajstić information content (AvgIpc) is 2.99. The highest BCUT2D eigenvalue weighted by Crippen LogP contribution is 2.42. The van der Waals surface area contributed by atoms with Crippen LogP contribution in [0.5, 0.6) is 5.75 Å². The number of nitrogens with zero attached hydrogens (tertiary/aromatic N) is 1. The number of likely N-dealkylation sites (N-methyl/N-ethyl adjacent to an activating group) is 1. The third kappa shape index (κ3) is 2.94. The van der Waals surface area contributed by atoms with Crippen molar-refractivity contribution in [1.82, 2.24) is 10.2 Å². The summed E-state index contributed by atoms with van der Waals surface area (Å²) in [6.07, 6.45) is 0.643. The van der Waals surface area contributed by atoms with Crippen LogP contribution in [0, 0.1) is 0 Å². The average molecular weight is 422 g/mol. The Labute approximate surface area is 159 Å². The normalized spacial score (nSPS) is 19.6. The summed E-state index contributed by atoms with van der Waals surface area (Å²) in [5.74, 6) is 0.756. The minimum atomic E-state index is -0.296. The van der Waals surface area contributed by atoms with Crippen molar-refractivity contribution in [2.24, 2.45) is 0 Å². The summed E-state index contributed by atoms with van der Waals surface area (Å²) in [5, 5.41) is 7.57. The zero-order chi connectivity index (χ0) is 17.6. The van der Waals surface area contributed by atoms with Crippen molar-refractivity contribution in [3.05, 3.63) is 44.2 Å². The first kappa shape index (κ1) is 16.9. The van der Waals surface area contributed by atoms with Crippen molar-refractivity contribution in [1.29, 1.82) is 0 Å². The number of carbonyl (C=O) groups is 1. The van der Waals surface area contributed by atoms with Crippen LogP contribution in [0.2, 0.25) is 0 Å². The van der Waals surface area contributed by atoms with Crippen LogP contribution in [-0.2, 0) is 13.0 Å². The number of fused-ring (bicyclic) bond motifs is 3. The van der Waals surface area contributed by atoms with E-state index >= 15 is 0 Å². The predicted octanol–water partition coefficient (Wildman–Crippen LogP) is 3.75. The molecule has 0 bridgehead atoms. The fraction of sp³-hybridized carbons (Fsp3) is 0.389. The number of rotatable bonds is 3. The molecule has 0 spiro atoms. The van der Waals surface area contributed by atoms with Crippen molar-refractivity contribution in [3.63, 3.8) is 0 Å². The van der Waals surface area contributed by atoms with Gasteiger partial charge in [-0.3, -0.25) is 9.69 Å². The molecule has 1 aromatic heterocycles. The van der Waals surface area contributed by atoms with Gasteiger partial charge in [-0.15, -0.1) is 11.3 Å². The SMILES string of the molecule is CCN1CCc2c(sc3c2C(=O)N[C@@H](c2cc(Br)ccc2OC)N3)C1. The van der Waals surface area contributed by atoms with E-state index in [0.29, 0.717) is 0 Å². The Morgan fingerprint density at radius 1 is 1.40 bits per heavy atom. The van der Waals surface area contributed by atoms with Gasteiger partial charge in [-0.05, 0) is 36.7 Å². The van der Waals surface area contributed by atoms with Gasteiger partial charge in [0, 0.05) is 28.0 Å². The predicted molar refractivity (Wildman–Crippen MR) is 103 cm³/mol. The second-order valence-electron chi connectivity index (χ2n) is 6.26. The second kappa shape index (κ2) is 6.63. The summed E-state index contributed by atoms with van der Waals surface area (Å²) >= 11 is 5.21. The Kier molecular flexibility index (Phi) is 4.47. The van der Waals surface area contributed by atoms with Crippen LogP contribution in [0.3, 0.4) is 0 Å². The number of hydrogen-bond acceptors (Lipinski definition) is 5. The minimum absolute atomic E-state index is 0.00299. The van der Waals surface area contributed by atoms with E-state index in [1.54, 1.807) is 18.4 Å². The van der Waals surface area contributed by atoms with Crippen LogP contribution in [0.25, 0.3) is 0 Å². The monoisotopic (exact) mass is 421 g/mol. The Balaban J connectivity index is 1.70. The third-order valence-electron chi connectivity index (χ3n) is 4.86. The van der Waals surface area contributed by atoms with Crippen molar-refractivity contribution in [2.75, 3.05) is 25.5 Å². The fourth-order valence-corrected chi connectivity index (χ4v) is 5.22. The molecular formula is C18H20BrN3O2S. The molecule has 2 aromatic rings. The molecule has 7 heteroatoms. The first-order valence-corrected chi connectivity index (χ1v) is 9.99. The highest BCUT2D eigenvalue weighted by Gasteiger charge is 2.34. The van der Waals surface area contributed by atoms with Gasteiger partial charge >= 0.3 is 0 Å². The largest absolute Gasteiger partial charge is 0.496 e. The third-order valence-corrected chi connectivity index (χ3v) is 6.51. The maximum atomic E-state index is 12.8. The molecular weight excluding hydrogens is 402 g/mol. The van der Waals surface area contributed by atoms with E-state index in [-0.39, 0.29) is 12.1 Å². The fourth-order valence-electron chi connectivity index (χ4n) is 3.52. The van der Waals surface area contributed by atoms with Crippen molar-refractivity contribution in [2.45, 2.75) is 26.1 Å². The lowest BCUT2D eigenvalue weighted by atomic mass is 10.00. The Morgan fingerprint density at radius 2 is 2.24 bits per heavy atom. The standard InChI is InChI=1S/C18H20BrN3O2S/c1-3-22-7-6-11-14(9-22)25-18-15(11)17(23)20-16(21-18)12-8-10(19)4-5-13(12)24-2/h4-5,8,16,21H,3,6-7,9H2,1-2H3,(H,20,23)/t16-/m1/s1. The lowest BCUT2D eigenvalue weighted by Gasteiger charge is -2.28. The highest BCUT2D eigenvalue weighted by atomic mass is 79.9. The lowest BCUT2D eigenvalue weighted by Crippen LogP contribution is -2.39. The van der Waals surface area contributed by atoms with E-state index in [9.17, 15) is 4.79 Å². The van der Waals surface area contributed by atoms with Gasteiger partial charge < -0.3 is 15.4 Å². The van der Waals surface area contributed by atoms with E-state index in [1.807, 2.05) is 18.2 Å². The van der Waals surface area contributed by atoms with Gasteiger partial charge in [-0.1, -0.05) is 22.9 Å². The number of ether oxygens (including phenoxy) is 1. The van der Waals surface area contributed by atoms with E-state index in [4.69, 9.17) is 4.74 Å². The molecule has 0 saturated heterocycles. The van der Waals surface area contributed by atoms with Gasteiger partial charge in [-0.25, -0.2) is 0 Å². The molecule has 0 unspecified atom stereocenters. The smallest absolute Gasteiger partial charge is 0.256 e.